The molecule has 0 radical (unpaired) electrons. The summed E-state index contributed by atoms with van der Waals surface area (Å²) in [6, 6.07) is 4.44. The summed E-state index contributed by atoms with van der Waals surface area (Å²) in [5.74, 6) is 0.425. The van der Waals surface area contributed by atoms with Gasteiger partial charge in [0.15, 0.2) is 0 Å². The molecule has 1 aromatic rings. The molecule has 112 valence electrons. The molecule has 0 heterocycles. The first-order valence-corrected chi connectivity index (χ1v) is 6.50. The number of benzene rings is 1. The Morgan fingerprint density at radius 1 is 1.45 bits per heavy atom. The van der Waals surface area contributed by atoms with Crippen LogP contribution >= 0.6 is 0 Å². The van der Waals surface area contributed by atoms with Crippen LogP contribution in [-0.4, -0.2) is 34.8 Å². The van der Waals surface area contributed by atoms with Crippen LogP contribution < -0.4 is 10.1 Å². The molecule has 6 heteroatoms. The molecule has 1 rings (SSSR count). The molecule has 0 spiro atoms. The number of nitro groups is 1. The highest BCUT2D eigenvalue weighted by Gasteiger charge is 2.14. The highest BCUT2D eigenvalue weighted by atomic mass is 16.6. The lowest BCUT2D eigenvalue weighted by atomic mass is 10.1. The topological polar surface area (TPSA) is 84.6 Å². The summed E-state index contributed by atoms with van der Waals surface area (Å²) in [7, 11) is 0. The van der Waals surface area contributed by atoms with Crippen molar-refractivity contribution in [2.75, 3.05) is 13.2 Å². The fourth-order valence-corrected chi connectivity index (χ4v) is 1.53. The Kier molecular flexibility index (Phi) is 5.47. The zero-order valence-corrected chi connectivity index (χ0v) is 12.3. The fraction of sp³-hybridized carbons (Fsp3) is 0.571. The lowest BCUT2D eigenvalue weighted by Crippen LogP contribution is -2.42. The Morgan fingerprint density at radius 3 is 2.65 bits per heavy atom. The molecule has 0 saturated heterocycles. The van der Waals surface area contributed by atoms with Crippen LogP contribution in [0.3, 0.4) is 0 Å². The van der Waals surface area contributed by atoms with E-state index < -0.39 is 11.0 Å². The molecule has 0 saturated carbocycles. The lowest BCUT2D eigenvalue weighted by molar-refractivity contribution is -0.385. The smallest absolute Gasteiger partial charge is 0.273 e. The van der Waals surface area contributed by atoms with E-state index in [2.05, 4.69) is 5.32 Å². The molecule has 0 aliphatic rings. The Balaban J connectivity index is 2.56. The largest absolute Gasteiger partial charge is 0.490 e. The predicted octanol–water partition coefficient (Wildman–Crippen LogP) is 2.03. The van der Waals surface area contributed by atoms with Crippen LogP contribution in [0.4, 0.5) is 5.69 Å². The number of aliphatic hydroxyl groups is 1. The van der Waals surface area contributed by atoms with Crippen molar-refractivity contribution in [2.45, 2.75) is 39.3 Å². The maximum Gasteiger partial charge on any atom is 0.273 e. The molecule has 1 unspecified atom stereocenters. The fourth-order valence-electron chi connectivity index (χ4n) is 1.53. The molecule has 0 bridgehead atoms. The van der Waals surface area contributed by atoms with Gasteiger partial charge >= 0.3 is 0 Å². The van der Waals surface area contributed by atoms with Gasteiger partial charge in [0.05, 0.1) is 11.0 Å². The third-order valence-electron chi connectivity index (χ3n) is 2.68. The van der Waals surface area contributed by atoms with Gasteiger partial charge in [0.2, 0.25) is 0 Å². The Hall–Kier alpha value is -1.66. The summed E-state index contributed by atoms with van der Waals surface area (Å²) < 4.78 is 5.46. The zero-order chi connectivity index (χ0) is 15.3. The van der Waals surface area contributed by atoms with Crippen LogP contribution in [0.5, 0.6) is 5.75 Å². The summed E-state index contributed by atoms with van der Waals surface area (Å²) in [5.41, 5.74) is 0.696. The van der Waals surface area contributed by atoms with Crippen molar-refractivity contribution in [2.24, 2.45) is 0 Å². The summed E-state index contributed by atoms with van der Waals surface area (Å²) in [5, 5.41) is 23.7. The van der Waals surface area contributed by atoms with Gasteiger partial charge in [-0.15, -0.1) is 0 Å². The standard InChI is InChI=1S/C14H22N2O4/c1-10-5-6-11(16(18)19)7-13(10)20-9-12(17)8-15-14(2,3)4/h5-7,12,15,17H,8-9H2,1-4H3. The highest BCUT2D eigenvalue weighted by Crippen LogP contribution is 2.24. The van der Waals surface area contributed by atoms with Crippen molar-refractivity contribution < 1.29 is 14.8 Å². The molecule has 0 aliphatic heterocycles. The SMILES string of the molecule is Cc1ccc([N+](=O)[O-])cc1OCC(O)CNC(C)(C)C. The van der Waals surface area contributed by atoms with E-state index in [1.807, 2.05) is 20.8 Å². The van der Waals surface area contributed by atoms with Gasteiger partial charge in [-0.05, 0) is 39.3 Å². The molecule has 1 aromatic carbocycles. The summed E-state index contributed by atoms with van der Waals surface area (Å²) >= 11 is 0. The maximum atomic E-state index is 10.7. The number of hydrogen-bond donors (Lipinski definition) is 2. The molecule has 1 atom stereocenters. The molecule has 20 heavy (non-hydrogen) atoms. The van der Waals surface area contributed by atoms with E-state index in [0.29, 0.717) is 12.3 Å². The van der Waals surface area contributed by atoms with Gasteiger partial charge in [0.25, 0.3) is 5.69 Å². The first-order chi connectivity index (χ1) is 9.19. The summed E-state index contributed by atoms with van der Waals surface area (Å²) in [6.07, 6.45) is -0.673. The second kappa shape index (κ2) is 6.67. The maximum absolute atomic E-state index is 10.7. The molecule has 0 aromatic heterocycles. The predicted molar refractivity (Wildman–Crippen MR) is 77.1 cm³/mol. The van der Waals surface area contributed by atoms with E-state index in [0.717, 1.165) is 5.56 Å². The van der Waals surface area contributed by atoms with Gasteiger partial charge in [-0.3, -0.25) is 10.1 Å². The molecule has 0 amide bonds. The monoisotopic (exact) mass is 282 g/mol. The van der Waals surface area contributed by atoms with Gasteiger partial charge in [-0.2, -0.15) is 0 Å². The van der Waals surface area contributed by atoms with E-state index >= 15 is 0 Å². The molecular formula is C14H22N2O4. The number of β-amino-alcohol motifs (C(OH)–C–C–N with tert-alkyl or cyclic N) is 1. The average molecular weight is 282 g/mol. The molecule has 2 N–H and O–H groups in total. The van der Waals surface area contributed by atoms with Crippen LogP contribution in [0, 0.1) is 17.0 Å². The van der Waals surface area contributed by atoms with E-state index in [9.17, 15) is 15.2 Å². The average Bonchev–Trinajstić information content (AvgIpc) is 2.34. The zero-order valence-electron chi connectivity index (χ0n) is 12.3. The van der Waals surface area contributed by atoms with Crippen molar-refractivity contribution in [1.29, 1.82) is 0 Å². The van der Waals surface area contributed by atoms with Crippen molar-refractivity contribution in [1.82, 2.24) is 5.32 Å². The van der Waals surface area contributed by atoms with E-state index in [1.54, 1.807) is 13.0 Å². The van der Waals surface area contributed by atoms with E-state index in [-0.39, 0.29) is 17.8 Å². The quantitative estimate of drug-likeness (QED) is 0.616. The number of nitro benzene ring substituents is 1. The number of nitrogens with one attached hydrogen (secondary N) is 1. The molecular weight excluding hydrogens is 260 g/mol. The lowest BCUT2D eigenvalue weighted by Gasteiger charge is -2.23. The van der Waals surface area contributed by atoms with Gasteiger partial charge in [0, 0.05) is 18.2 Å². The number of rotatable bonds is 6. The van der Waals surface area contributed by atoms with Crippen molar-refractivity contribution in [3.05, 3.63) is 33.9 Å². The molecule has 0 fully saturated rings. The minimum absolute atomic E-state index is 0.0205. The highest BCUT2D eigenvalue weighted by molar-refractivity contribution is 5.43. The second-order valence-electron chi connectivity index (χ2n) is 5.80. The minimum atomic E-state index is -0.673. The van der Waals surface area contributed by atoms with Crippen molar-refractivity contribution >= 4 is 5.69 Å². The van der Waals surface area contributed by atoms with Gasteiger partial charge < -0.3 is 15.2 Å². The normalized spacial score (nSPS) is 13.1. The Morgan fingerprint density at radius 2 is 2.10 bits per heavy atom. The van der Waals surface area contributed by atoms with Crippen molar-refractivity contribution in [3.8, 4) is 5.75 Å². The van der Waals surface area contributed by atoms with Crippen LogP contribution in [0.25, 0.3) is 0 Å². The Labute approximate surface area is 118 Å². The number of aryl methyl sites for hydroxylation is 1. The van der Waals surface area contributed by atoms with Crippen molar-refractivity contribution in [3.63, 3.8) is 0 Å². The summed E-state index contributed by atoms with van der Waals surface area (Å²) in [4.78, 5) is 10.2. The van der Waals surface area contributed by atoms with Gasteiger partial charge in [-0.1, -0.05) is 0 Å². The first-order valence-electron chi connectivity index (χ1n) is 6.50. The number of hydrogen-bond acceptors (Lipinski definition) is 5. The Bertz CT molecular complexity index is 469. The van der Waals surface area contributed by atoms with E-state index in [4.69, 9.17) is 4.74 Å². The third kappa shape index (κ3) is 5.54. The van der Waals surface area contributed by atoms with Gasteiger partial charge in [0.1, 0.15) is 18.5 Å². The third-order valence-corrected chi connectivity index (χ3v) is 2.68. The number of aliphatic hydroxyl groups excluding tert-OH is 1. The number of nitrogens with zero attached hydrogens (tertiary/aromatic N) is 1. The first kappa shape index (κ1) is 16.4. The second-order valence-corrected chi connectivity index (χ2v) is 5.80. The van der Waals surface area contributed by atoms with Crippen LogP contribution in [0.2, 0.25) is 0 Å². The molecule has 6 nitrogen and oxygen atoms in total. The van der Waals surface area contributed by atoms with Crippen LogP contribution in [0.1, 0.15) is 26.3 Å². The van der Waals surface area contributed by atoms with Crippen LogP contribution in [0.15, 0.2) is 18.2 Å². The van der Waals surface area contributed by atoms with E-state index in [1.165, 1.54) is 12.1 Å². The number of non-ortho nitro benzene ring substituents is 1. The number of ether oxygens (including phenoxy) is 1. The summed E-state index contributed by atoms with van der Waals surface area (Å²) in [6.45, 7) is 8.31. The van der Waals surface area contributed by atoms with Crippen LogP contribution in [-0.2, 0) is 0 Å². The van der Waals surface area contributed by atoms with Gasteiger partial charge in [-0.25, -0.2) is 0 Å². The molecule has 0 aliphatic carbocycles. The minimum Gasteiger partial charge on any atom is -0.490 e.